The number of para-hydroxylation sites is 1. The van der Waals surface area contributed by atoms with Gasteiger partial charge in [0.15, 0.2) is 5.69 Å². The number of carbonyl (C=O) groups is 1. The normalized spacial score (nSPS) is 17.1. The molecule has 1 aliphatic rings. The molecule has 2 aromatic heterocycles. The molecule has 3 heterocycles. The van der Waals surface area contributed by atoms with Gasteiger partial charge in [-0.3, -0.25) is 14.8 Å². The Labute approximate surface area is 144 Å². The Balaban J connectivity index is 1.44. The van der Waals surface area contributed by atoms with Crippen LogP contribution in [0.25, 0.3) is 10.9 Å². The van der Waals surface area contributed by atoms with E-state index in [1.807, 2.05) is 36.1 Å². The van der Waals surface area contributed by atoms with Crippen molar-refractivity contribution in [1.82, 2.24) is 30.2 Å². The average molecular weight is 340 g/mol. The Hall–Kier alpha value is -2.74. The largest absolute Gasteiger partial charge is 0.424 e. The molecule has 130 valence electrons. The van der Waals surface area contributed by atoms with E-state index in [0.717, 1.165) is 24.0 Å². The fraction of sp³-hybridized carbons (Fsp3) is 0.412. The summed E-state index contributed by atoms with van der Waals surface area (Å²) in [5, 5.41) is 16.0. The number of hydrogen-bond acceptors (Lipinski definition) is 6. The average Bonchev–Trinajstić information content (AvgIpc) is 3.27. The molecule has 1 aliphatic heterocycles. The summed E-state index contributed by atoms with van der Waals surface area (Å²) in [7, 11) is 0. The number of fused-ring (bicyclic) bond motifs is 1. The molecule has 0 aliphatic carbocycles. The highest BCUT2D eigenvalue weighted by atomic mass is 16.4. The van der Waals surface area contributed by atoms with E-state index >= 15 is 0 Å². The van der Waals surface area contributed by atoms with E-state index in [9.17, 15) is 4.79 Å². The molecule has 1 atom stereocenters. The van der Waals surface area contributed by atoms with E-state index in [-0.39, 0.29) is 11.9 Å². The highest BCUT2D eigenvalue weighted by molar-refractivity contribution is 6.04. The number of H-pyrrole nitrogens is 1. The second-order valence-electron chi connectivity index (χ2n) is 6.28. The van der Waals surface area contributed by atoms with E-state index in [2.05, 4.69) is 25.3 Å². The number of rotatable bonds is 3. The van der Waals surface area contributed by atoms with Crippen molar-refractivity contribution in [2.45, 2.75) is 19.9 Å². The van der Waals surface area contributed by atoms with Crippen LogP contribution in [0.5, 0.6) is 0 Å². The monoisotopic (exact) mass is 340 g/mol. The smallest absolute Gasteiger partial charge is 0.275 e. The number of aryl methyl sites for hydroxylation is 1. The summed E-state index contributed by atoms with van der Waals surface area (Å²) >= 11 is 0. The summed E-state index contributed by atoms with van der Waals surface area (Å²) in [6.07, 6.45) is 0. The molecule has 1 fully saturated rings. The van der Waals surface area contributed by atoms with E-state index in [4.69, 9.17) is 4.42 Å². The van der Waals surface area contributed by atoms with E-state index < -0.39 is 0 Å². The lowest BCUT2D eigenvalue weighted by Crippen LogP contribution is -2.49. The minimum absolute atomic E-state index is 0.0293. The molecule has 0 saturated carbocycles. The summed E-state index contributed by atoms with van der Waals surface area (Å²) in [6.45, 7) is 6.65. The van der Waals surface area contributed by atoms with Crippen LogP contribution in [0.3, 0.4) is 0 Å². The van der Waals surface area contributed by atoms with Gasteiger partial charge in [0.25, 0.3) is 5.91 Å². The topological polar surface area (TPSA) is 91.2 Å². The summed E-state index contributed by atoms with van der Waals surface area (Å²) in [4.78, 5) is 16.9. The number of carbonyl (C=O) groups excluding carboxylic acids is 1. The van der Waals surface area contributed by atoms with Crippen LogP contribution >= 0.6 is 0 Å². The first kappa shape index (κ1) is 15.8. The molecule has 8 nitrogen and oxygen atoms in total. The Morgan fingerprint density at radius 1 is 1.20 bits per heavy atom. The lowest BCUT2D eigenvalue weighted by Gasteiger charge is -2.36. The number of nitrogens with zero attached hydrogens (tertiary/aromatic N) is 5. The van der Waals surface area contributed by atoms with Crippen LogP contribution < -0.4 is 0 Å². The first-order chi connectivity index (χ1) is 12.1. The van der Waals surface area contributed by atoms with Crippen LogP contribution in [-0.4, -0.2) is 62.3 Å². The maximum absolute atomic E-state index is 12.8. The molecule has 3 aromatic rings. The summed E-state index contributed by atoms with van der Waals surface area (Å²) in [6, 6.07) is 7.73. The summed E-state index contributed by atoms with van der Waals surface area (Å²) in [5.74, 6) is 1.16. The molecule has 0 bridgehead atoms. The first-order valence-corrected chi connectivity index (χ1v) is 8.40. The molecule has 1 aromatic carbocycles. The second-order valence-corrected chi connectivity index (χ2v) is 6.28. The molecule has 1 N–H and O–H groups in total. The zero-order valence-electron chi connectivity index (χ0n) is 14.3. The number of piperazine rings is 1. The van der Waals surface area contributed by atoms with Crippen molar-refractivity contribution >= 4 is 16.8 Å². The fourth-order valence-electron chi connectivity index (χ4n) is 3.23. The van der Waals surface area contributed by atoms with Crippen LogP contribution in [0.2, 0.25) is 0 Å². The van der Waals surface area contributed by atoms with Crippen LogP contribution in [-0.2, 0) is 0 Å². The van der Waals surface area contributed by atoms with Crippen molar-refractivity contribution in [3.05, 3.63) is 41.7 Å². The SMILES string of the molecule is Cc1nnc(C(C)N2CCN(C(=O)c3n[nH]c4ccccc34)CC2)o1. The summed E-state index contributed by atoms with van der Waals surface area (Å²) < 4.78 is 5.52. The zero-order valence-corrected chi connectivity index (χ0v) is 14.3. The van der Waals surface area contributed by atoms with Gasteiger partial charge in [0, 0.05) is 38.5 Å². The Kier molecular flexibility index (Phi) is 3.96. The molecular formula is C17H20N6O2. The van der Waals surface area contributed by atoms with Gasteiger partial charge >= 0.3 is 0 Å². The first-order valence-electron chi connectivity index (χ1n) is 8.40. The Morgan fingerprint density at radius 3 is 2.68 bits per heavy atom. The number of benzene rings is 1. The number of amides is 1. The minimum Gasteiger partial charge on any atom is -0.424 e. The second kappa shape index (κ2) is 6.29. The van der Waals surface area contributed by atoms with Gasteiger partial charge in [-0.15, -0.1) is 10.2 Å². The molecule has 1 unspecified atom stereocenters. The highest BCUT2D eigenvalue weighted by Crippen LogP contribution is 2.22. The standard InChI is InChI=1S/C17H20N6O2/c1-11(16-21-18-12(2)25-16)22-7-9-23(10-8-22)17(24)15-13-5-3-4-6-14(13)19-20-15/h3-6,11H,7-10H2,1-2H3,(H,19,20). The Bertz CT molecular complexity index is 893. The summed E-state index contributed by atoms with van der Waals surface area (Å²) in [5.41, 5.74) is 1.37. The number of hydrogen-bond donors (Lipinski definition) is 1. The molecule has 0 spiro atoms. The van der Waals surface area contributed by atoms with Gasteiger partial charge in [-0.1, -0.05) is 18.2 Å². The van der Waals surface area contributed by atoms with Gasteiger partial charge in [0.05, 0.1) is 11.6 Å². The van der Waals surface area contributed by atoms with Crippen molar-refractivity contribution in [3.63, 3.8) is 0 Å². The lowest BCUT2D eigenvalue weighted by molar-refractivity contribution is 0.0554. The Morgan fingerprint density at radius 2 is 1.96 bits per heavy atom. The van der Waals surface area contributed by atoms with Gasteiger partial charge in [-0.05, 0) is 13.0 Å². The van der Waals surface area contributed by atoms with E-state index in [0.29, 0.717) is 30.6 Å². The third-order valence-electron chi connectivity index (χ3n) is 4.72. The molecule has 8 heteroatoms. The third kappa shape index (κ3) is 2.89. The molecule has 0 radical (unpaired) electrons. The van der Waals surface area contributed by atoms with Gasteiger partial charge < -0.3 is 9.32 Å². The lowest BCUT2D eigenvalue weighted by atomic mass is 10.1. The molecular weight excluding hydrogens is 320 g/mol. The van der Waals surface area contributed by atoms with E-state index in [1.54, 1.807) is 6.92 Å². The van der Waals surface area contributed by atoms with Crippen molar-refractivity contribution in [3.8, 4) is 0 Å². The maximum atomic E-state index is 12.8. The minimum atomic E-state index is -0.0293. The van der Waals surface area contributed by atoms with Gasteiger partial charge in [-0.2, -0.15) is 5.10 Å². The fourth-order valence-corrected chi connectivity index (χ4v) is 3.23. The van der Waals surface area contributed by atoms with Crippen LogP contribution in [0.4, 0.5) is 0 Å². The number of aromatic amines is 1. The zero-order chi connectivity index (χ0) is 17.4. The van der Waals surface area contributed by atoms with Crippen LogP contribution in [0.15, 0.2) is 28.7 Å². The van der Waals surface area contributed by atoms with E-state index in [1.165, 1.54) is 0 Å². The maximum Gasteiger partial charge on any atom is 0.275 e. The molecule has 1 saturated heterocycles. The predicted molar refractivity (Wildman–Crippen MR) is 91.0 cm³/mol. The van der Waals surface area contributed by atoms with Crippen molar-refractivity contribution < 1.29 is 9.21 Å². The molecule has 4 rings (SSSR count). The predicted octanol–water partition coefficient (Wildman–Crippen LogP) is 1.77. The van der Waals surface area contributed by atoms with Crippen molar-refractivity contribution in [2.75, 3.05) is 26.2 Å². The number of aromatic nitrogens is 4. The molecule has 1 amide bonds. The van der Waals surface area contributed by atoms with Crippen molar-refractivity contribution in [2.24, 2.45) is 0 Å². The van der Waals surface area contributed by atoms with Gasteiger partial charge in [-0.25, -0.2) is 0 Å². The van der Waals surface area contributed by atoms with Crippen LogP contribution in [0, 0.1) is 6.92 Å². The third-order valence-corrected chi connectivity index (χ3v) is 4.72. The van der Waals surface area contributed by atoms with Crippen molar-refractivity contribution in [1.29, 1.82) is 0 Å². The van der Waals surface area contributed by atoms with Gasteiger partial charge in [0.1, 0.15) is 0 Å². The highest BCUT2D eigenvalue weighted by Gasteiger charge is 2.29. The quantitative estimate of drug-likeness (QED) is 0.781. The number of nitrogens with one attached hydrogen (secondary N) is 1. The van der Waals surface area contributed by atoms with Gasteiger partial charge in [0.2, 0.25) is 11.8 Å². The molecule has 25 heavy (non-hydrogen) atoms. The van der Waals surface area contributed by atoms with Crippen LogP contribution in [0.1, 0.15) is 35.2 Å².